The summed E-state index contributed by atoms with van der Waals surface area (Å²) in [7, 11) is 3.31. The van der Waals surface area contributed by atoms with Crippen molar-refractivity contribution in [3.05, 3.63) is 106 Å². The number of pyridine rings is 3. The number of carbonyl (C=O) groups is 2. The second-order valence-corrected chi connectivity index (χ2v) is 13.1. The molecule has 0 fully saturated rings. The lowest BCUT2D eigenvalue weighted by Gasteiger charge is -2.15. The number of unbranched alkanes of at least 4 members (excludes halogenated alkanes) is 1. The molecule has 0 radical (unpaired) electrons. The monoisotopic (exact) mass is 680 g/mol. The third-order valence-corrected chi connectivity index (χ3v) is 10.4. The van der Waals surface area contributed by atoms with Gasteiger partial charge >= 0.3 is 11.9 Å². The molecule has 1 aliphatic heterocycles. The molecule has 0 bridgehead atoms. The number of benzene rings is 1. The molecule has 1 atom stereocenters. The Morgan fingerprint density at radius 3 is 2.15 bits per heavy atom. The van der Waals surface area contributed by atoms with Crippen LogP contribution in [-0.4, -0.2) is 51.3 Å². The van der Waals surface area contributed by atoms with Gasteiger partial charge in [0.2, 0.25) is 0 Å². The van der Waals surface area contributed by atoms with Gasteiger partial charge in [0.25, 0.3) is 0 Å². The third-order valence-electron chi connectivity index (χ3n) is 7.81. The number of thiophene rings is 1. The lowest BCUT2D eigenvalue weighted by Crippen LogP contribution is -2.07. The van der Waals surface area contributed by atoms with E-state index in [1.807, 2.05) is 36.5 Å². The van der Waals surface area contributed by atoms with Gasteiger partial charge in [-0.3, -0.25) is 9.97 Å². The number of carboxylic acid groups (broad SMARTS) is 2. The van der Waals surface area contributed by atoms with Gasteiger partial charge in [0, 0.05) is 33.3 Å². The Hall–Kier alpha value is -5.20. The summed E-state index contributed by atoms with van der Waals surface area (Å²) in [5.41, 5.74) is 4.42. The van der Waals surface area contributed by atoms with Crippen LogP contribution < -0.4 is 14.8 Å². The molecular weight excluding hydrogens is 649 g/mol. The summed E-state index contributed by atoms with van der Waals surface area (Å²) in [5.74, 6) is -0.776. The Labute approximate surface area is 285 Å². The lowest BCUT2D eigenvalue weighted by molar-refractivity contribution is 0.0686. The molecule has 0 spiro atoms. The number of hydrogen-bond donors (Lipinski definition) is 3. The highest BCUT2D eigenvalue weighted by atomic mass is 32.2. The van der Waals surface area contributed by atoms with Crippen LogP contribution in [0.3, 0.4) is 0 Å². The van der Waals surface area contributed by atoms with E-state index in [-0.39, 0.29) is 27.9 Å². The largest absolute Gasteiger partial charge is 0.496 e. The minimum Gasteiger partial charge on any atom is -0.496 e. The quantitative estimate of drug-likeness (QED) is 0.118. The van der Waals surface area contributed by atoms with Crippen molar-refractivity contribution in [2.45, 2.75) is 31.6 Å². The molecule has 1 aliphatic rings. The number of aromatic nitrogens is 3. The number of methoxy groups -OCH3 is 2. The molecule has 0 saturated carbocycles. The van der Waals surface area contributed by atoms with Crippen molar-refractivity contribution < 1.29 is 29.3 Å². The van der Waals surface area contributed by atoms with Crippen molar-refractivity contribution in [1.82, 2.24) is 20.3 Å². The first-order valence-electron chi connectivity index (χ1n) is 15.2. The summed E-state index contributed by atoms with van der Waals surface area (Å²) in [6.07, 6.45) is 8.11. The third kappa shape index (κ3) is 6.76. The number of rotatable bonds is 12. The van der Waals surface area contributed by atoms with E-state index in [9.17, 15) is 19.8 Å². The fourth-order valence-corrected chi connectivity index (χ4v) is 7.96. The number of ether oxygens (including phenoxy) is 2. The summed E-state index contributed by atoms with van der Waals surface area (Å²) in [4.78, 5) is 40.4. The predicted octanol–water partition coefficient (Wildman–Crippen LogP) is 8.02. The van der Waals surface area contributed by atoms with E-state index < -0.39 is 11.9 Å². The molecule has 1 aromatic carbocycles. The van der Waals surface area contributed by atoms with Crippen molar-refractivity contribution in [3.8, 4) is 44.7 Å². The minimum absolute atomic E-state index is 0.00734. The summed E-state index contributed by atoms with van der Waals surface area (Å²) in [5, 5.41) is 22.9. The molecule has 12 heteroatoms. The molecule has 48 heavy (non-hydrogen) atoms. The van der Waals surface area contributed by atoms with Gasteiger partial charge in [-0.15, -0.1) is 11.3 Å². The van der Waals surface area contributed by atoms with Gasteiger partial charge in [-0.2, -0.15) is 0 Å². The van der Waals surface area contributed by atoms with Gasteiger partial charge in [-0.25, -0.2) is 14.6 Å². The van der Waals surface area contributed by atoms with Crippen LogP contribution in [0.2, 0.25) is 0 Å². The molecule has 3 N–H and O–H groups in total. The molecule has 5 heterocycles. The van der Waals surface area contributed by atoms with Crippen LogP contribution in [0.4, 0.5) is 0 Å². The zero-order valence-electron chi connectivity index (χ0n) is 26.4. The predicted molar refractivity (Wildman–Crippen MR) is 188 cm³/mol. The molecule has 1 unspecified atom stereocenters. The summed E-state index contributed by atoms with van der Waals surface area (Å²) in [6.45, 7) is 2.18. The van der Waals surface area contributed by atoms with Crippen molar-refractivity contribution >= 4 is 39.9 Å². The van der Waals surface area contributed by atoms with Gasteiger partial charge in [0.1, 0.15) is 16.9 Å². The van der Waals surface area contributed by atoms with Crippen LogP contribution in [-0.2, 0) is 6.42 Å². The molecule has 4 aromatic heterocycles. The molecule has 244 valence electrons. The first-order valence-corrected chi connectivity index (χ1v) is 16.9. The van der Waals surface area contributed by atoms with E-state index in [0.717, 1.165) is 51.7 Å². The molecular formula is C36H32N4O6S2. The molecule has 0 saturated heterocycles. The number of carboxylic acids is 2. The summed E-state index contributed by atoms with van der Waals surface area (Å²) in [6, 6.07) is 17.4. The second kappa shape index (κ2) is 14.3. The van der Waals surface area contributed by atoms with Gasteiger partial charge < -0.3 is 25.0 Å². The van der Waals surface area contributed by atoms with Crippen LogP contribution >= 0.6 is 23.1 Å². The number of aromatic carboxylic acids is 2. The van der Waals surface area contributed by atoms with Gasteiger partial charge in [0.15, 0.2) is 0 Å². The van der Waals surface area contributed by atoms with E-state index in [1.54, 1.807) is 43.5 Å². The van der Waals surface area contributed by atoms with E-state index in [4.69, 9.17) is 9.47 Å². The maximum Gasteiger partial charge on any atom is 0.335 e. The molecule has 10 nitrogen and oxygen atoms in total. The van der Waals surface area contributed by atoms with E-state index in [1.165, 1.54) is 40.9 Å². The Morgan fingerprint density at radius 1 is 0.854 bits per heavy atom. The van der Waals surface area contributed by atoms with E-state index >= 15 is 0 Å². The standard InChI is InChI=1S/C36H32N4O6S2/c1-4-5-7-21-18-30(47-33(21)34-39-19-31(48-34)32-28(45-2)8-6-9-29(32)46-3)20-10-12-37-24(14-20)26-16-23(36(43)44)17-27(40-26)25-15-22(35(41)42)11-13-38-25/h6,8-19,34,39H,4-5,7H2,1-3H3,(H,41,42)(H,43,44). The highest BCUT2D eigenvalue weighted by Crippen LogP contribution is 2.51. The molecule has 0 amide bonds. The number of nitrogens with zero attached hydrogens (tertiary/aromatic N) is 3. The number of thioether (sulfide) groups is 1. The average Bonchev–Trinajstić information content (AvgIpc) is 3.78. The van der Waals surface area contributed by atoms with Crippen molar-refractivity contribution in [1.29, 1.82) is 0 Å². The Bertz CT molecular complexity index is 2020. The van der Waals surface area contributed by atoms with Gasteiger partial charge in [0.05, 0.1) is 53.7 Å². The van der Waals surface area contributed by atoms with Crippen LogP contribution in [0, 0.1) is 0 Å². The van der Waals surface area contributed by atoms with E-state index in [2.05, 4.69) is 33.3 Å². The SMILES string of the molecule is CCCCc1cc(-c2ccnc(-c3cc(C(=O)O)cc(-c4cc(C(=O)O)ccn4)n3)c2)sc1C1NC=C(c2c(OC)cccc2OC)S1. The fraction of sp³-hybridized carbons (Fsp3) is 0.194. The highest BCUT2D eigenvalue weighted by molar-refractivity contribution is 8.08. The Balaban J connectivity index is 1.35. The maximum atomic E-state index is 12.1. The Morgan fingerprint density at radius 2 is 1.50 bits per heavy atom. The fourth-order valence-electron chi connectivity index (χ4n) is 5.41. The zero-order chi connectivity index (χ0) is 33.8. The summed E-state index contributed by atoms with van der Waals surface area (Å²) < 4.78 is 11.3. The lowest BCUT2D eigenvalue weighted by atomic mass is 10.1. The Kier molecular flexibility index (Phi) is 9.74. The van der Waals surface area contributed by atoms with Gasteiger partial charge in [-0.05, 0) is 78.6 Å². The van der Waals surface area contributed by atoms with Gasteiger partial charge in [-0.1, -0.05) is 31.2 Å². The van der Waals surface area contributed by atoms with Crippen LogP contribution in [0.15, 0.2) is 79.3 Å². The molecule has 0 aliphatic carbocycles. The van der Waals surface area contributed by atoms with Crippen LogP contribution in [0.1, 0.15) is 61.9 Å². The first kappa shape index (κ1) is 32.7. The van der Waals surface area contributed by atoms with Crippen LogP contribution in [0.25, 0.3) is 38.1 Å². The first-order chi connectivity index (χ1) is 23.3. The maximum absolute atomic E-state index is 12.1. The smallest absolute Gasteiger partial charge is 0.335 e. The molecule has 6 rings (SSSR count). The number of hydrogen-bond acceptors (Lipinski definition) is 10. The minimum atomic E-state index is -1.14. The normalized spacial score (nSPS) is 13.9. The highest BCUT2D eigenvalue weighted by Gasteiger charge is 2.28. The van der Waals surface area contributed by atoms with Crippen LogP contribution in [0.5, 0.6) is 11.5 Å². The molecule has 5 aromatic rings. The topological polar surface area (TPSA) is 144 Å². The number of aryl methyl sites for hydroxylation is 1. The summed E-state index contributed by atoms with van der Waals surface area (Å²) >= 11 is 3.43. The van der Waals surface area contributed by atoms with Crippen molar-refractivity contribution in [3.63, 3.8) is 0 Å². The average molecular weight is 681 g/mol. The zero-order valence-corrected chi connectivity index (χ0v) is 28.0. The number of nitrogens with one attached hydrogen (secondary N) is 1. The van der Waals surface area contributed by atoms with E-state index in [0.29, 0.717) is 11.4 Å². The van der Waals surface area contributed by atoms with Crippen molar-refractivity contribution in [2.24, 2.45) is 0 Å². The van der Waals surface area contributed by atoms with Crippen molar-refractivity contribution in [2.75, 3.05) is 14.2 Å². The second-order valence-electron chi connectivity index (χ2n) is 10.9.